The number of anilines is 2. The zero-order valence-electron chi connectivity index (χ0n) is 20.0. The SMILES string of the molecule is CC(C)Nc1cncc(-c2ccc3cnc(NC(=O)c4cccc(C5CCNCC5)c4)cc3n2)n1. The normalized spacial score (nSPS) is 14.3. The molecule has 1 aliphatic heterocycles. The standard InChI is InChI=1S/C27H29N7O/c1-17(2)31-26-16-29-15-24(33-26)22-7-6-21-14-30-25(13-23(21)32-22)34-27(35)20-5-3-4-19(12-20)18-8-10-28-11-9-18/h3-7,12-18,28H,8-11H2,1-2H3,(H,31,33)(H,30,34,35). The Morgan fingerprint density at radius 3 is 2.66 bits per heavy atom. The van der Waals surface area contributed by atoms with Crippen LogP contribution < -0.4 is 16.0 Å². The lowest BCUT2D eigenvalue weighted by molar-refractivity contribution is 0.102. The average Bonchev–Trinajstić information content (AvgIpc) is 2.88. The zero-order valence-corrected chi connectivity index (χ0v) is 20.0. The summed E-state index contributed by atoms with van der Waals surface area (Å²) in [5.74, 6) is 1.47. The van der Waals surface area contributed by atoms with Crippen LogP contribution in [-0.4, -0.2) is 45.0 Å². The molecule has 178 valence electrons. The van der Waals surface area contributed by atoms with E-state index in [1.165, 1.54) is 5.56 Å². The van der Waals surface area contributed by atoms with Crippen LogP contribution in [0.1, 0.15) is 48.5 Å². The second kappa shape index (κ2) is 10.1. The molecular formula is C27H29N7O. The van der Waals surface area contributed by atoms with Crippen LogP contribution in [0.5, 0.6) is 0 Å². The number of pyridine rings is 2. The lowest BCUT2D eigenvalue weighted by Gasteiger charge is -2.23. The fraction of sp³-hybridized carbons (Fsp3) is 0.296. The first-order chi connectivity index (χ1) is 17.0. The molecule has 8 heteroatoms. The summed E-state index contributed by atoms with van der Waals surface area (Å²) in [4.78, 5) is 31.1. The summed E-state index contributed by atoms with van der Waals surface area (Å²) in [7, 11) is 0. The fourth-order valence-electron chi connectivity index (χ4n) is 4.36. The highest BCUT2D eigenvalue weighted by atomic mass is 16.1. The molecule has 0 bridgehead atoms. The van der Waals surface area contributed by atoms with Crippen LogP contribution in [0.15, 0.2) is 61.1 Å². The Labute approximate surface area is 204 Å². The molecule has 1 fully saturated rings. The van der Waals surface area contributed by atoms with Crippen LogP contribution in [0, 0.1) is 0 Å². The Balaban J connectivity index is 1.36. The molecule has 3 aromatic heterocycles. The second-order valence-corrected chi connectivity index (χ2v) is 9.15. The first kappa shape index (κ1) is 22.9. The number of carbonyl (C=O) groups is 1. The minimum absolute atomic E-state index is 0.179. The third kappa shape index (κ3) is 5.44. The Morgan fingerprint density at radius 2 is 1.83 bits per heavy atom. The van der Waals surface area contributed by atoms with E-state index >= 15 is 0 Å². The van der Waals surface area contributed by atoms with E-state index in [4.69, 9.17) is 4.98 Å². The Morgan fingerprint density at radius 1 is 0.971 bits per heavy atom. The van der Waals surface area contributed by atoms with Gasteiger partial charge in [0.25, 0.3) is 5.91 Å². The molecule has 3 N–H and O–H groups in total. The maximum Gasteiger partial charge on any atom is 0.256 e. The van der Waals surface area contributed by atoms with Gasteiger partial charge in [-0.25, -0.2) is 15.0 Å². The number of fused-ring (bicyclic) bond motifs is 1. The maximum atomic E-state index is 13.0. The fourth-order valence-corrected chi connectivity index (χ4v) is 4.36. The molecule has 5 rings (SSSR count). The predicted molar refractivity (Wildman–Crippen MR) is 139 cm³/mol. The number of nitrogens with one attached hydrogen (secondary N) is 3. The van der Waals surface area contributed by atoms with Crippen LogP contribution in [0.2, 0.25) is 0 Å². The van der Waals surface area contributed by atoms with E-state index in [1.54, 1.807) is 24.7 Å². The van der Waals surface area contributed by atoms with Crippen molar-refractivity contribution in [1.29, 1.82) is 0 Å². The first-order valence-corrected chi connectivity index (χ1v) is 12.0. The summed E-state index contributed by atoms with van der Waals surface area (Å²) < 4.78 is 0. The molecule has 0 unspecified atom stereocenters. The van der Waals surface area contributed by atoms with E-state index in [0.29, 0.717) is 34.5 Å². The number of amides is 1. The van der Waals surface area contributed by atoms with Gasteiger partial charge in [-0.15, -0.1) is 0 Å². The van der Waals surface area contributed by atoms with Crippen molar-refractivity contribution in [2.45, 2.75) is 38.6 Å². The molecule has 1 aliphatic rings. The van der Waals surface area contributed by atoms with Crippen LogP contribution in [-0.2, 0) is 0 Å². The zero-order chi connectivity index (χ0) is 24.2. The van der Waals surface area contributed by atoms with Gasteiger partial charge in [-0.05, 0) is 75.5 Å². The van der Waals surface area contributed by atoms with Gasteiger partial charge in [0, 0.05) is 29.3 Å². The van der Waals surface area contributed by atoms with Gasteiger partial charge in [0.15, 0.2) is 0 Å². The van der Waals surface area contributed by atoms with Gasteiger partial charge in [-0.2, -0.15) is 0 Å². The molecule has 4 aromatic rings. The van der Waals surface area contributed by atoms with E-state index in [0.717, 1.165) is 36.8 Å². The topological polar surface area (TPSA) is 105 Å². The van der Waals surface area contributed by atoms with Crippen molar-refractivity contribution < 1.29 is 4.79 Å². The highest BCUT2D eigenvalue weighted by Crippen LogP contribution is 2.26. The maximum absolute atomic E-state index is 13.0. The Bertz CT molecular complexity index is 1350. The molecule has 1 aromatic carbocycles. The largest absolute Gasteiger partial charge is 0.367 e. The molecule has 0 saturated carbocycles. The predicted octanol–water partition coefficient (Wildman–Crippen LogP) is 4.63. The van der Waals surface area contributed by atoms with Crippen molar-refractivity contribution in [3.8, 4) is 11.4 Å². The lowest BCUT2D eigenvalue weighted by Crippen LogP contribution is -2.26. The third-order valence-corrected chi connectivity index (χ3v) is 6.11. The monoisotopic (exact) mass is 467 g/mol. The molecule has 35 heavy (non-hydrogen) atoms. The summed E-state index contributed by atoms with van der Waals surface area (Å²) in [6.45, 7) is 6.13. The highest BCUT2D eigenvalue weighted by Gasteiger charge is 2.17. The summed E-state index contributed by atoms with van der Waals surface area (Å²) in [5.41, 5.74) is 3.95. The number of piperidine rings is 1. The van der Waals surface area contributed by atoms with Crippen LogP contribution in [0.4, 0.5) is 11.6 Å². The van der Waals surface area contributed by atoms with E-state index in [1.807, 2.05) is 30.3 Å². The number of rotatable bonds is 6. The minimum atomic E-state index is -0.179. The summed E-state index contributed by atoms with van der Waals surface area (Å²) >= 11 is 0. The minimum Gasteiger partial charge on any atom is -0.367 e. The number of benzene rings is 1. The molecular weight excluding hydrogens is 438 g/mol. The van der Waals surface area contributed by atoms with Crippen molar-refractivity contribution in [2.75, 3.05) is 23.7 Å². The molecule has 4 heterocycles. The van der Waals surface area contributed by atoms with Gasteiger partial charge in [0.1, 0.15) is 17.3 Å². The number of aromatic nitrogens is 4. The Hall–Kier alpha value is -3.91. The van der Waals surface area contributed by atoms with Gasteiger partial charge >= 0.3 is 0 Å². The van der Waals surface area contributed by atoms with Crippen molar-refractivity contribution in [2.24, 2.45) is 0 Å². The van der Waals surface area contributed by atoms with Gasteiger partial charge in [-0.1, -0.05) is 12.1 Å². The lowest BCUT2D eigenvalue weighted by atomic mass is 9.89. The number of carbonyl (C=O) groups excluding carboxylic acids is 1. The van der Waals surface area contributed by atoms with E-state index < -0.39 is 0 Å². The molecule has 0 spiro atoms. The van der Waals surface area contributed by atoms with Gasteiger partial charge in [-0.3, -0.25) is 9.78 Å². The molecule has 0 radical (unpaired) electrons. The van der Waals surface area contributed by atoms with Crippen molar-refractivity contribution in [1.82, 2.24) is 25.3 Å². The number of hydrogen-bond acceptors (Lipinski definition) is 7. The van der Waals surface area contributed by atoms with Gasteiger partial charge < -0.3 is 16.0 Å². The first-order valence-electron chi connectivity index (χ1n) is 12.0. The van der Waals surface area contributed by atoms with Gasteiger partial charge in [0.05, 0.1) is 23.6 Å². The Kier molecular flexibility index (Phi) is 6.63. The average molecular weight is 468 g/mol. The molecule has 8 nitrogen and oxygen atoms in total. The number of nitrogens with zero attached hydrogens (tertiary/aromatic N) is 4. The molecule has 1 saturated heterocycles. The summed E-state index contributed by atoms with van der Waals surface area (Å²) in [6, 6.07) is 13.8. The van der Waals surface area contributed by atoms with E-state index in [-0.39, 0.29) is 11.9 Å². The summed E-state index contributed by atoms with van der Waals surface area (Å²) in [5, 5.41) is 10.5. The van der Waals surface area contributed by atoms with Crippen LogP contribution in [0.25, 0.3) is 22.3 Å². The third-order valence-electron chi connectivity index (χ3n) is 6.11. The summed E-state index contributed by atoms with van der Waals surface area (Å²) in [6.07, 6.45) is 7.29. The van der Waals surface area contributed by atoms with E-state index in [9.17, 15) is 4.79 Å². The second-order valence-electron chi connectivity index (χ2n) is 9.15. The van der Waals surface area contributed by atoms with Crippen LogP contribution in [0.3, 0.4) is 0 Å². The van der Waals surface area contributed by atoms with E-state index in [2.05, 4.69) is 50.8 Å². The molecule has 0 atom stereocenters. The van der Waals surface area contributed by atoms with Crippen molar-refractivity contribution in [3.63, 3.8) is 0 Å². The number of hydrogen-bond donors (Lipinski definition) is 3. The van der Waals surface area contributed by atoms with Gasteiger partial charge in [0.2, 0.25) is 0 Å². The van der Waals surface area contributed by atoms with Crippen molar-refractivity contribution >= 4 is 28.4 Å². The smallest absolute Gasteiger partial charge is 0.256 e. The highest BCUT2D eigenvalue weighted by molar-refractivity contribution is 6.04. The molecule has 0 aliphatic carbocycles. The quantitative estimate of drug-likeness (QED) is 0.380. The van der Waals surface area contributed by atoms with Crippen molar-refractivity contribution in [3.05, 3.63) is 72.2 Å². The molecule has 1 amide bonds. The van der Waals surface area contributed by atoms with Crippen LogP contribution >= 0.6 is 0 Å².